The lowest BCUT2D eigenvalue weighted by Gasteiger charge is -2.22. The van der Waals surface area contributed by atoms with Gasteiger partial charge in [-0.25, -0.2) is 5.90 Å². The number of hydrogen-bond acceptors (Lipinski definition) is 3. The lowest BCUT2D eigenvalue weighted by atomic mass is 9.96. The average Bonchev–Trinajstić information content (AvgIpc) is 1.88. The van der Waals surface area contributed by atoms with E-state index in [2.05, 4.69) is 4.84 Å². The van der Waals surface area contributed by atoms with Gasteiger partial charge in [0.25, 0.3) is 0 Å². The predicted octanol–water partition coefficient (Wildman–Crippen LogP) is 0.346. The maximum absolute atomic E-state index is 9.12. The minimum absolute atomic E-state index is 0.0170. The lowest BCUT2D eigenvalue weighted by Crippen LogP contribution is -2.25. The highest BCUT2D eigenvalue weighted by Crippen LogP contribution is 2.19. The molecular formula is C7H13NO2. The van der Waals surface area contributed by atoms with Crippen molar-refractivity contribution in [1.82, 2.24) is 0 Å². The quantitative estimate of drug-likeness (QED) is 0.411. The van der Waals surface area contributed by atoms with E-state index in [1.165, 1.54) is 0 Å². The van der Waals surface area contributed by atoms with Gasteiger partial charge in [0, 0.05) is 0 Å². The van der Waals surface area contributed by atoms with Gasteiger partial charge in [-0.2, -0.15) is 0 Å². The third-order valence-electron chi connectivity index (χ3n) is 1.85. The number of nitrogens with two attached hydrogens (primary N) is 1. The Morgan fingerprint density at radius 1 is 1.70 bits per heavy atom. The second kappa shape index (κ2) is 3.14. The summed E-state index contributed by atoms with van der Waals surface area (Å²) in [6, 6.07) is 0. The Morgan fingerprint density at radius 2 is 2.40 bits per heavy atom. The van der Waals surface area contributed by atoms with Crippen LogP contribution in [-0.4, -0.2) is 17.3 Å². The Hall–Kier alpha value is -0.380. The van der Waals surface area contributed by atoms with Crippen LogP contribution in [0.4, 0.5) is 0 Å². The Balaban J connectivity index is 2.58. The molecular weight excluding hydrogens is 130 g/mol. The zero-order valence-corrected chi connectivity index (χ0v) is 6.08. The first-order valence-corrected chi connectivity index (χ1v) is 3.46. The minimum Gasteiger partial charge on any atom is -0.389 e. The number of aliphatic hydroxyl groups excluding tert-OH is 1. The number of aliphatic hydroxyl groups is 1. The van der Waals surface area contributed by atoms with Gasteiger partial charge in [0.2, 0.25) is 0 Å². The van der Waals surface area contributed by atoms with E-state index >= 15 is 0 Å². The fourth-order valence-electron chi connectivity index (χ4n) is 1.22. The van der Waals surface area contributed by atoms with E-state index in [4.69, 9.17) is 11.0 Å². The van der Waals surface area contributed by atoms with Crippen LogP contribution in [0.5, 0.6) is 0 Å². The van der Waals surface area contributed by atoms with Crippen molar-refractivity contribution in [2.45, 2.75) is 32.0 Å². The molecule has 3 nitrogen and oxygen atoms in total. The highest BCUT2D eigenvalue weighted by atomic mass is 16.6. The van der Waals surface area contributed by atoms with Crippen molar-refractivity contribution in [3.8, 4) is 0 Å². The van der Waals surface area contributed by atoms with Crippen LogP contribution in [0.25, 0.3) is 0 Å². The molecule has 3 N–H and O–H groups in total. The molecule has 0 aromatic rings. The monoisotopic (exact) mass is 143 g/mol. The topological polar surface area (TPSA) is 55.5 Å². The Morgan fingerprint density at radius 3 is 2.90 bits per heavy atom. The van der Waals surface area contributed by atoms with E-state index in [1.807, 2.05) is 6.92 Å². The van der Waals surface area contributed by atoms with E-state index in [9.17, 15) is 0 Å². The molecule has 0 bridgehead atoms. The molecule has 0 aliphatic heterocycles. The molecule has 10 heavy (non-hydrogen) atoms. The summed E-state index contributed by atoms with van der Waals surface area (Å²) in [5.74, 6) is 5.02. The standard InChI is InChI=1S/C7H13NO2/c1-5-4-6(9)2-3-7(5)10-8/h4,6-7,9H,2-3,8H2,1H3. The van der Waals surface area contributed by atoms with Crippen molar-refractivity contribution >= 4 is 0 Å². The molecule has 1 aliphatic rings. The molecule has 1 aliphatic carbocycles. The Kier molecular flexibility index (Phi) is 2.43. The molecule has 2 unspecified atom stereocenters. The molecule has 0 heterocycles. The maximum Gasteiger partial charge on any atom is 0.0996 e. The van der Waals surface area contributed by atoms with Gasteiger partial charge in [0.15, 0.2) is 0 Å². The van der Waals surface area contributed by atoms with Gasteiger partial charge in [0.05, 0.1) is 12.2 Å². The highest BCUT2D eigenvalue weighted by Gasteiger charge is 2.18. The normalized spacial score (nSPS) is 33.7. The van der Waals surface area contributed by atoms with E-state index in [1.54, 1.807) is 6.08 Å². The summed E-state index contributed by atoms with van der Waals surface area (Å²) in [4.78, 5) is 4.67. The molecule has 0 amide bonds. The molecule has 0 fully saturated rings. The lowest BCUT2D eigenvalue weighted by molar-refractivity contribution is 0.0526. The Labute approximate surface area is 60.4 Å². The van der Waals surface area contributed by atoms with Crippen LogP contribution in [0.2, 0.25) is 0 Å². The van der Waals surface area contributed by atoms with Crippen LogP contribution < -0.4 is 5.90 Å². The van der Waals surface area contributed by atoms with E-state index in [-0.39, 0.29) is 12.2 Å². The summed E-state index contributed by atoms with van der Waals surface area (Å²) in [5.41, 5.74) is 1.03. The largest absolute Gasteiger partial charge is 0.389 e. The van der Waals surface area contributed by atoms with Crippen molar-refractivity contribution in [2.75, 3.05) is 0 Å². The van der Waals surface area contributed by atoms with Crippen LogP contribution in [0.3, 0.4) is 0 Å². The summed E-state index contributed by atoms with van der Waals surface area (Å²) in [6.45, 7) is 1.92. The van der Waals surface area contributed by atoms with Gasteiger partial charge in [-0.1, -0.05) is 6.08 Å². The van der Waals surface area contributed by atoms with E-state index in [0.29, 0.717) is 0 Å². The second-order valence-electron chi connectivity index (χ2n) is 2.68. The van der Waals surface area contributed by atoms with Crippen molar-refractivity contribution in [1.29, 1.82) is 0 Å². The van der Waals surface area contributed by atoms with Crippen LogP contribution in [0.15, 0.2) is 11.6 Å². The van der Waals surface area contributed by atoms with Gasteiger partial charge in [-0.05, 0) is 25.3 Å². The van der Waals surface area contributed by atoms with Gasteiger partial charge < -0.3 is 5.11 Å². The third kappa shape index (κ3) is 1.56. The number of hydrogen-bond donors (Lipinski definition) is 2. The SMILES string of the molecule is CC1=CC(O)CCC1ON. The third-order valence-corrected chi connectivity index (χ3v) is 1.85. The van der Waals surface area contributed by atoms with Crippen LogP contribution in [0.1, 0.15) is 19.8 Å². The predicted molar refractivity (Wildman–Crippen MR) is 38.1 cm³/mol. The molecule has 0 saturated heterocycles. The number of rotatable bonds is 1. The van der Waals surface area contributed by atoms with Gasteiger partial charge in [0.1, 0.15) is 0 Å². The van der Waals surface area contributed by atoms with E-state index < -0.39 is 0 Å². The first-order valence-electron chi connectivity index (χ1n) is 3.46. The summed E-state index contributed by atoms with van der Waals surface area (Å²) in [7, 11) is 0. The summed E-state index contributed by atoms with van der Waals surface area (Å²) >= 11 is 0. The van der Waals surface area contributed by atoms with Gasteiger partial charge in [-0.15, -0.1) is 0 Å². The van der Waals surface area contributed by atoms with Gasteiger partial charge >= 0.3 is 0 Å². The smallest absolute Gasteiger partial charge is 0.0996 e. The van der Waals surface area contributed by atoms with E-state index in [0.717, 1.165) is 18.4 Å². The molecule has 0 aromatic heterocycles. The fraction of sp³-hybridized carbons (Fsp3) is 0.714. The van der Waals surface area contributed by atoms with Crippen molar-refractivity contribution in [2.24, 2.45) is 5.90 Å². The van der Waals surface area contributed by atoms with Crippen molar-refractivity contribution in [3.05, 3.63) is 11.6 Å². The second-order valence-corrected chi connectivity index (χ2v) is 2.68. The highest BCUT2D eigenvalue weighted by molar-refractivity contribution is 5.11. The minimum atomic E-state index is -0.300. The first-order chi connectivity index (χ1) is 4.74. The molecule has 0 aromatic carbocycles. The zero-order chi connectivity index (χ0) is 7.56. The molecule has 0 radical (unpaired) electrons. The van der Waals surface area contributed by atoms with Crippen LogP contribution in [-0.2, 0) is 4.84 Å². The first kappa shape index (κ1) is 7.72. The fourth-order valence-corrected chi connectivity index (χ4v) is 1.22. The Bertz CT molecular complexity index is 145. The van der Waals surface area contributed by atoms with Crippen LogP contribution >= 0.6 is 0 Å². The van der Waals surface area contributed by atoms with Crippen molar-refractivity contribution in [3.63, 3.8) is 0 Å². The molecule has 3 heteroatoms. The molecule has 2 atom stereocenters. The zero-order valence-electron chi connectivity index (χ0n) is 6.08. The summed E-state index contributed by atoms with van der Waals surface area (Å²) in [6.07, 6.45) is 3.08. The maximum atomic E-state index is 9.12. The summed E-state index contributed by atoms with van der Waals surface area (Å²) < 4.78 is 0. The van der Waals surface area contributed by atoms with Crippen molar-refractivity contribution < 1.29 is 9.94 Å². The molecule has 58 valence electrons. The molecule has 1 rings (SSSR count). The van der Waals surface area contributed by atoms with Gasteiger partial charge in [-0.3, -0.25) is 4.84 Å². The van der Waals surface area contributed by atoms with Crippen LogP contribution in [0, 0.1) is 0 Å². The average molecular weight is 143 g/mol. The molecule has 0 saturated carbocycles. The molecule has 0 spiro atoms. The summed E-state index contributed by atoms with van der Waals surface area (Å²) in [5, 5.41) is 9.12.